The molecule has 0 aliphatic heterocycles. The molecule has 0 saturated heterocycles. The summed E-state index contributed by atoms with van der Waals surface area (Å²) in [7, 11) is 0. The quantitative estimate of drug-likeness (QED) is 0.517. The normalized spacial score (nSPS) is 19.0. The van der Waals surface area contributed by atoms with Gasteiger partial charge in [-0.1, -0.05) is 0 Å². The van der Waals surface area contributed by atoms with E-state index >= 15 is 0 Å². The standard InChI is InChI=1S/C17H22Se/c1-4-6-12-18-17-13(3)15(5-2)16(17)14-10-8-7-9-11-14/h7-11,15H,3-6,12H2,1-2H3. The van der Waals surface area contributed by atoms with Gasteiger partial charge in [0.2, 0.25) is 0 Å². The van der Waals surface area contributed by atoms with Crippen LogP contribution in [0.1, 0.15) is 38.7 Å². The van der Waals surface area contributed by atoms with Crippen molar-refractivity contribution in [3.8, 4) is 0 Å². The van der Waals surface area contributed by atoms with Crippen molar-refractivity contribution in [1.82, 2.24) is 0 Å². The zero-order valence-electron chi connectivity index (χ0n) is 11.4. The summed E-state index contributed by atoms with van der Waals surface area (Å²) in [6.07, 6.45) is 3.85. The molecule has 0 amide bonds. The molecule has 1 aromatic rings. The molecule has 0 aromatic heterocycles. The van der Waals surface area contributed by atoms with E-state index in [0.717, 1.165) is 0 Å². The number of benzene rings is 1. The first-order valence-corrected chi connectivity index (χ1v) is 8.97. The summed E-state index contributed by atoms with van der Waals surface area (Å²) >= 11 is 0.629. The molecule has 1 atom stereocenters. The van der Waals surface area contributed by atoms with Gasteiger partial charge in [0.1, 0.15) is 0 Å². The second kappa shape index (κ2) is 6.40. The van der Waals surface area contributed by atoms with Crippen molar-refractivity contribution in [3.63, 3.8) is 0 Å². The first-order valence-electron chi connectivity index (χ1n) is 6.91. The fourth-order valence-corrected chi connectivity index (χ4v) is 5.37. The van der Waals surface area contributed by atoms with Crippen LogP contribution < -0.4 is 0 Å². The van der Waals surface area contributed by atoms with E-state index in [1.807, 2.05) is 0 Å². The Morgan fingerprint density at radius 1 is 1.17 bits per heavy atom. The molecule has 0 nitrogen and oxygen atoms in total. The Morgan fingerprint density at radius 3 is 2.50 bits per heavy atom. The van der Waals surface area contributed by atoms with Gasteiger partial charge in [0.05, 0.1) is 0 Å². The monoisotopic (exact) mass is 306 g/mol. The van der Waals surface area contributed by atoms with Crippen LogP contribution in [0.25, 0.3) is 5.57 Å². The van der Waals surface area contributed by atoms with Crippen LogP contribution in [0.15, 0.2) is 47.0 Å². The Morgan fingerprint density at radius 2 is 1.89 bits per heavy atom. The number of hydrogen-bond acceptors (Lipinski definition) is 0. The van der Waals surface area contributed by atoms with Gasteiger partial charge in [-0.05, 0) is 0 Å². The van der Waals surface area contributed by atoms with Crippen molar-refractivity contribution in [1.29, 1.82) is 0 Å². The van der Waals surface area contributed by atoms with E-state index in [-0.39, 0.29) is 0 Å². The van der Waals surface area contributed by atoms with Gasteiger partial charge in [-0.25, -0.2) is 0 Å². The third-order valence-electron chi connectivity index (χ3n) is 3.54. The summed E-state index contributed by atoms with van der Waals surface area (Å²) in [6.45, 7) is 8.85. The van der Waals surface area contributed by atoms with Crippen molar-refractivity contribution in [2.24, 2.45) is 5.92 Å². The molecule has 2 rings (SSSR count). The van der Waals surface area contributed by atoms with Gasteiger partial charge in [0.15, 0.2) is 0 Å². The molecule has 0 fully saturated rings. The van der Waals surface area contributed by atoms with Gasteiger partial charge >= 0.3 is 117 Å². The number of rotatable bonds is 6. The van der Waals surface area contributed by atoms with Gasteiger partial charge in [0, 0.05) is 0 Å². The summed E-state index contributed by atoms with van der Waals surface area (Å²) in [6, 6.07) is 10.9. The Hall–Kier alpha value is -0.781. The molecule has 1 unspecified atom stereocenters. The van der Waals surface area contributed by atoms with Crippen molar-refractivity contribution in [2.75, 3.05) is 0 Å². The van der Waals surface area contributed by atoms with Crippen molar-refractivity contribution in [2.45, 2.75) is 38.4 Å². The van der Waals surface area contributed by atoms with E-state index < -0.39 is 0 Å². The zero-order valence-corrected chi connectivity index (χ0v) is 13.1. The maximum atomic E-state index is 4.31. The molecule has 1 aliphatic carbocycles. The van der Waals surface area contributed by atoms with Crippen LogP contribution in [0.4, 0.5) is 0 Å². The zero-order chi connectivity index (χ0) is 13.0. The van der Waals surface area contributed by atoms with E-state index in [1.165, 1.54) is 35.7 Å². The molecule has 1 heteroatoms. The average molecular weight is 305 g/mol. The second-order valence-electron chi connectivity index (χ2n) is 4.80. The van der Waals surface area contributed by atoms with E-state index in [2.05, 4.69) is 50.8 Å². The molecular formula is C17H22Se. The third kappa shape index (κ3) is 2.63. The SMILES string of the molecule is C=C1C([Se]CCCC)=C(c2ccccc2)C1CC. The minimum atomic E-state index is 0.617. The molecule has 0 heterocycles. The Bertz CT molecular complexity index is 442. The summed E-state index contributed by atoms with van der Waals surface area (Å²) in [4.78, 5) is 0. The van der Waals surface area contributed by atoms with E-state index in [9.17, 15) is 0 Å². The van der Waals surface area contributed by atoms with Gasteiger partial charge in [-0.2, -0.15) is 0 Å². The van der Waals surface area contributed by atoms with Gasteiger partial charge in [-0.15, -0.1) is 0 Å². The van der Waals surface area contributed by atoms with Gasteiger partial charge in [-0.3, -0.25) is 0 Å². The Kier molecular flexibility index (Phi) is 4.86. The van der Waals surface area contributed by atoms with Crippen molar-refractivity contribution >= 4 is 20.5 Å². The first-order chi connectivity index (χ1) is 8.79. The van der Waals surface area contributed by atoms with E-state index in [4.69, 9.17) is 0 Å². The van der Waals surface area contributed by atoms with Crippen LogP contribution in [-0.2, 0) is 0 Å². The predicted molar refractivity (Wildman–Crippen MR) is 81.8 cm³/mol. The Balaban J connectivity index is 2.23. The fraction of sp³-hybridized carbons (Fsp3) is 0.412. The topological polar surface area (TPSA) is 0 Å². The summed E-state index contributed by atoms with van der Waals surface area (Å²) in [5, 5.41) is 1.37. The third-order valence-corrected chi connectivity index (χ3v) is 6.19. The van der Waals surface area contributed by atoms with Crippen LogP contribution >= 0.6 is 0 Å². The summed E-state index contributed by atoms with van der Waals surface area (Å²) < 4.78 is 1.61. The number of hydrogen-bond donors (Lipinski definition) is 0. The first kappa shape index (κ1) is 13.6. The predicted octanol–water partition coefficient (Wildman–Crippen LogP) is 4.92. The van der Waals surface area contributed by atoms with Crippen LogP contribution in [0.5, 0.6) is 0 Å². The maximum absolute atomic E-state index is 4.31. The van der Waals surface area contributed by atoms with E-state index in [1.54, 1.807) is 10.0 Å². The molecule has 1 aliphatic rings. The summed E-state index contributed by atoms with van der Waals surface area (Å²) in [5.74, 6) is 0.617. The molecular weight excluding hydrogens is 283 g/mol. The molecule has 0 bridgehead atoms. The van der Waals surface area contributed by atoms with Crippen molar-refractivity contribution < 1.29 is 0 Å². The van der Waals surface area contributed by atoms with Crippen LogP contribution in [0.2, 0.25) is 5.32 Å². The van der Waals surface area contributed by atoms with Crippen LogP contribution in [-0.4, -0.2) is 15.0 Å². The molecule has 1 aromatic carbocycles. The molecule has 96 valence electrons. The van der Waals surface area contributed by atoms with E-state index in [0.29, 0.717) is 20.9 Å². The number of allylic oxidation sites excluding steroid dienone is 3. The Labute approximate surface area is 117 Å². The molecule has 0 radical (unpaired) electrons. The average Bonchev–Trinajstić information content (AvgIpc) is 2.41. The van der Waals surface area contributed by atoms with Crippen molar-refractivity contribution in [3.05, 3.63) is 52.5 Å². The molecule has 0 saturated carbocycles. The van der Waals surface area contributed by atoms with Crippen LogP contribution in [0.3, 0.4) is 0 Å². The molecule has 0 N–H and O–H groups in total. The molecule has 18 heavy (non-hydrogen) atoms. The fourth-order valence-electron chi connectivity index (χ4n) is 2.48. The minimum absolute atomic E-state index is 0.617. The van der Waals surface area contributed by atoms with Gasteiger partial charge < -0.3 is 0 Å². The van der Waals surface area contributed by atoms with Gasteiger partial charge in [0.25, 0.3) is 0 Å². The second-order valence-corrected chi connectivity index (χ2v) is 7.12. The van der Waals surface area contributed by atoms with Crippen LogP contribution in [0, 0.1) is 5.92 Å². The number of unbranched alkanes of at least 4 members (excludes halogenated alkanes) is 1. The molecule has 0 spiro atoms. The summed E-state index contributed by atoms with van der Waals surface area (Å²) in [5.41, 5.74) is 4.44.